The molecule has 1 aromatic heterocycles. The van der Waals surface area contributed by atoms with Crippen LogP contribution in [-0.4, -0.2) is 29.9 Å². The number of anilines is 1. The van der Waals surface area contributed by atoms with Crippen LogP contribution in [0.25, 0.3) is 6.08 Å². The fourth-order valence-corrected chi connectivity index (χ4v) is 2.82. The largest absolute Gasteiger partial charge is 0.493 e. The summed E-state index contributed by atoms with van der Waals surface area (Å²) >= 11 is 0. The van der Waals surface area contributed by atoms with Crippen LogP contribution in [0, 0.1) is 6.92 Å². The molecule has 0 unspecified atom stereocenters. The molecule has 6 heteroatoms. The van der Waals surface area contributed by atoms with Gasteiger partial charge in [0.25, 0.3) is 0 Å². The number of aryl methyl sites for hydroxylation is 1. The molecule has 1 amide bonds. The molecule has 0 atom stereocenters. The van der Waals surface area contributed by atoms with Crippen molar-refractivity contribution in [2.24, 2.45) is 0 Å². The lowest BCUT2D eigenvalue weighted by atomic mass is 10.2. The Morgan fingerprint density at radius 3 is 2.54 bits per heavy atom. The second-order valence-electron chi connectivity index (χ2n) is 6.25. The molecule has 3 rings (SSSR count). The molecule has 0 spiro atoms. The van der Waals surface area contributed by atoms with Gasteiger partial charge in [-0.2, -0.15) is 5.10 Å². The van der Waals surface area contributed by atoms with E-state index in [0.717, 1.165) is 16.8 Å². The molecule has 0 fully saturated rings. The van der Waals surface area contributed by atoms with Gasteiger partial charge in [0.15, 0.2) is 11.5 Å². The Morgan fingerprint density at radius 2 is 1.82 bits per heavy atom. The van der Waals surface area contributed by atoms with Gasteiger partial charge >= 0.3 is 0 Å². The van der Waals surface area contributed by atoms with E-state index >= 15 is 0 Å². The predicted molar refractivity (Wildman–Crippen MR) is 110 cm³/mol. The quantitative estimate of drug-likeness (QED) is 0.634. The van der Waals surface area contributed by atoms with Gasteiger partial charge in [0.2, 0.25) is 5.91 Å². The number of aromatic nitrogens is 2. The summed E-state index contributed by atoms with van der Waals surface area (Å²) in [6.07, 6.45) is 3.21. The van der Waals surface area contributed by atoms with Crippen LogP contribution in [0.5, 0.6) is 11.5 Å². The van der Waals surface area contributed by atoms with Gasteiger partial charge in [0.1, 0.15) is 5.82 Å². The molecular formula is C22H23N3O3. The van der Waals surface area contributed by atoms with Gasteiger partial charge in [-0.3, -0.25) is 4.79 Å². The summed E-state index contributed by atoms with van der Waals surface area (Å²) in [5.41, 5.74) is 2.79. The lowest BCUT2D eigenvalue weighted by Gasteiger charge is -2.08. The van der Waals surface area contributed by atoms with E-state index in [4.69, 9.17) is 9.47 Å². The third-order valence-electron chi connectivity index (χ3n) is 4.16. The monoisotopic (exact) mass is 377 g/mol. The number of hydrogen-bond donors (Lipinski definition) is 1. The number of amides is 1. The van der Waals surface area contributed by atoms with E-state index in [2.05, 4.69) is 10.4 Å². The Balaban J connectivity index is 1.71. The van der Waals surface area contributed by atoms with Crippen molar-refractivity contribution < 1.29 is 14.3 Å². The van der Waals surface area contributed by atoms with E-state index in [9.17, 15) is 4.79 Å². The maximum Gasteiger partial charge on any atom is 0.249 e. The molecule has 0 aliphatic carbocycles. The van der Waals surface area contributed by atoms with Gasteiger partial charge < -0.3 is 14.8 Å². The summed E-state index contributed by atoms with van der Waals surface area (Å²) in [6.45, 7) is 2.49. The zero-order chi connectivity index (χ0) is 19.9. The second kappa shape index (κ2) is 8.90. The first-order valence-electron chi connectivity index (χ1n) is 8.88. The number of benzene rings is 2. The number of methoxy groups -OCH3 is 2. The maximum atomic E-state index is 12.4. The molecule has 0 bridgehead atoms. The summed E-state index contributed by atoms with van der Waals surface area (Å²) in [6, 6.07) is 17.3. The minimum atomic E-state index is -0.232. The lowest BCUT2D eigenvalue weighted by molar-refractivity contribution is -0.111. The number of ether oxygens (including phenoxy) is 2. The lowest BCUT2D eigenvalue weighted by Crippen LogP contribution is -2.13. The van der Waals surface area contributed by atoms with E-state index in [1.807, 2.05) is 55.5 Å². The van der Waals surface area contributed by atoms with Gasteiger partial charge in [-0.25, -0.2) is 4.68 Å². The molecule has 3 aromatic rings. The van der Waals surface area contributed by atoms with Crippen LogP contribution in [-0.2, 0) is 11.3 Å². The Kier molecular flexibility index (Phi) is 6.11. The average Bonchev–Trinajstić information content (AvgIpc) is 3.05. The molecule has 0 radical (unpaired) electrons. The van der Waals surface area contributed by atoms with Crippen LogP contribution < -0.4 is 14.8 Å². The van der Waals surface area contributed by atoms with Crippen LogP contribution in [0.1, 0.15) is 16.8 Å². The molecular weight excluding hydrogens is 354 g/mol. The standard InChI is InChI=1S/C22H23N3O3/c1-16-13-21(25(24-16)15-18-7-5-4-6-8-18)23-22(26)12-10-17-9-11-19(27-2)20(14-17)28-3/h4-14H,15H2,1-3H3,(H,23,26). The Bertz CT molecular complexity index is 978. The average molecular weight is 377 g/mol. The number of nitrogens with zero attached hydrogens (tertiary/aromatic N) is 2. The van der Waals surface area contributed by atoms with Crippen LogP contribution in [0.15, 0.2) is 60.7 Å². The highest BCUT2D eigenvalue weighted by atomic mass is 16.5. The summed E-state index contributed by atoms with van der Waals surface area (Å²) < 4.78 is 12.3. The first-order valence-corrected chi connectivity index (χ1v) is 8.88. The molecule has 0 aliphatic heterocycles. The van der Waals surface area contributed by atoms with E-state index < -0.39 is 0 Å². The number of carbonyl (C=O) groups is 1. The summed E-state index contributed by atoms with van der Waals surface area (Å²) in [7, 11) is 3.16. The highest BCUT2D eigenvalue weighted by Crippen LogP contribution is 2.28. The second-order valence-corrected chi connectivity index (χ2v) is 6.25. The fourth-order valence-electron chi connectivity index (χ4n) is 2.82. The first kappa shape index (κ1) is 19.2. The van der Waals surface area contributed by atoms with Crippen molar-refractivity contribution >= 4 is 17.8 Å². The van der Waals surface area contributed by atoms with Gasteiger partial charge in [0, 0.05) is 12.1 Å². The molecule has 2 aromatic carbocycles. The molecule has 6 nitrogen and oxygen atoms in total. The van der Waals surface area contributed by atoms with Gasteiger partial charge in [-0.1, -0.05) is 36.4 Å². The predicted octanol–water partition coefficient (Wildman–Crippen LogP) is 3.91. The fraction of sp³-hybridized carbons (Fsp3) is 0.182. The number of hydrogen-bond acceptors (Lipinski definition) is 4. The van der Waals surface area contributed by atoms with Gasteiger partial charge in [-0.05, 0) is 36.3 Å². The third kappa shape index (κ3) is 4.79. The smallest absolute Gasteiger partial charge is 0.249 e. The van der Waals surface area contributed by atoms with Gasteiger partial charge in [0.05, 0.1) is 26.5 Å². The van der Waals surface area contributed by atoms with E-state index in [-0.39, 0.29) is 5.91 Å². The molecule has 1 N–H and O–H groups in total. The minimum absolute atomic E-state index is 0.232. The SMILES string of the molecule is COc1ccc(C=CC(=O)Nc2cc(C)nn2Cc2ccccc2)cc1OC. The molecule has 144 valence electrons. The van der Waals surface area contributed by atoms with Crippen molar-refractivity contribution in [3.05, 3.63) is 77.5 Å². The zero-order valence-electron chi connectivity index (χ0n) is 16.2. The normalized spacial score (nSPS) is 10.8. The molecule has 0 saturated carbocycles. The van der Waals surface area contributed by atoms with Crippen molar-refractivity contribution in [2.75, 3.05) is 19.5 Å². The highest BCUT2D eigenvalue weighted by Gasteiger charge is 2.09. The van der Waals surface area contributed by atoms with Crippen LogP contribution >= 0.6 is 0 Å². The molecule has 0 aliphatic rings. The van der Waals surface area contributed by atoms with E-state index in [1.54, 1.807) is 31.0 Å². The molecule has 0 saturated heterocycles. The number of carbonyl (C=O) groups excluding carboxylic acids is 1. The molecule has 1 heterocycles. The van der Waals surface area contributed by atoms with Crippen LogP contribution in [0.3, 0.4) is 0 Å². The van der Waals surface area contributed by atoms with Crippen molar-refractivity contribution in [1.82, 2.24) is 9.78 Å². The molecule has 28 heavy (non-hydrogen) atoms. The topological polar surface area (TPSA) is 65.4 Å². The summed E-state index contributed by atoms with van der Waals surface area (Å²) in [5, 5.41) is 7.36. The minimum Gasteiger partial charge on any atom is -0.493 e. The van der Waals surface area contributed by atoms with E-state index in [1.165, 1.54) is 6.08 Å². The number of rotatable bonds is 7. The number of nitrogens with one attached hydrogen (secondary N) is 1. The van der Waals surface area contributed by atoms with Crippen molar-refractivity contribution in [3.63, 3.8) is 0 Å². The first-order chi connectivity index (χ1) is 13.6. The Morgan fingerprint density at radius 1 is 1.07 bits per heavy atom. The van der Waals surface area contributed by atoms with Crippen molar-refractivity contribution in [2.45, 2.75) is 13.5 Å². The third-order valence-corrected chi connectivity index (χ3v) is 4.16. The van der Waals surface area contributed by atoms with Crippen molar-refractivity contribution in [3.8, 4) is 11.5 Å². The van der Waals surface area contributed by atoms with Crippen LogP contribution in [0.4, 0.5) is 5.82 Å². The highest BCUT2D eigenvalue weighted by molar-refractivity contribution is 6.01. The zero-order valence-corrected chi connectivity index (χ0v) is 16.2. The Hall–Kier alpha value is -3.54. The van der Waals surface area contributed by atoms with E-state index in [0.29, 0.717) is 23.9 Å². The van der Waals surface area contributed by atoms with Gasteiger partial charge in [-0.15, -0.1) is 0 Å². The Labute approximate surface area is 164 Å². The maximum absolute atomic E-state index is 12.4. The summed E-state index contributed by atoms with van der Waals surface area (Å²) in [4.78, 5) is 12.4. The van der Waals surface area contributed by atoms with Crippen molar-refractivity contribution in [1.29, 1.82) is 0 Å². The van der Waals surface area contributed by atoms with Crippen LogP contribution in [0.2, 0.25) is 0 Å². The summed E-state index contributed by atoms with van der Waals surface area (Å²) in [5.74, 6) is 1.68.